The van der Waals surface area contributed by atoms with Crippen molar-refractivity contribution in [1.82, 2.24) is 5.32 Å². The average molecular weight is 300 g/mol. The van der Waals surface area contributed by atoms with Crippen LogP contribution in [0, 0.1) is 5.92 Å². The number of hydrogen-bond donors (Lipinski definition) is 1. The number of hydrogen-bond acceptors (Lipinski definition) is 2. The minimum atomic E-state index is 0.103. The van der Waals surface area contributed by atoms with Crippen molar-refractivity contribution < 1.29 is 4.79 Å². The summed E-state index contributed by atoms with van der Waals surface area (Å²) in [6, 6.07) is 0.103. The van der Waals surface area contributed by atoms with Gasteiger partial charge in [-0.05, 0) is 50.9 Å². The molecule has 0 saturated carbocycles. The Labute approximate surface area is 112 Å². The third kappa shape index (κ3) is 3.57. The van der Waals surface area contributed by atoms with Crippen LogP contribution in [0.1, 0.15) is 51.4 Å². The van der Waals surface area contributed by atoms with Gasteiger partial charge in [0, 0.05) is 17.4 Å². The Bertz CT molecular complexity index is 301. The highest BCUT2D eigenvalue weighted by molar-refractivity contribution is 9.09. The molecule has 1 N–H and O–H groups in total. The molecule has 0 aromatic rings. The van der Waals surface area contributed by atoms with E-state index in [1.807, 2.05) is 0 Å². The first-order valence-corrected chi connectivity index (χ1v) is 7.98. The summed E-state index contributed by atoms with van der Waals surface area (Å²) in [5.41, 5.74) is 1.36. The van der Waals surface area contributed by atoms with Gasteiger partial charge >= 0.3 is 0 Å². The molecular weight excluding hydrogens is 278 g/mol. The molecule has 1 heterocycles. The third-order valence-electron chi connectivity index (χ3n) is 3.90. The molecule has 3 heteroatoms. The van der Waals surface area contributed by atoms with Crippen LogP contribution in [0.5, 0.6) is 0 Å². The van der Waals surface area contributed by atoms with Crippen LogP contribution in [-0.4, -0.2) is 17.2 Å². The van der Waals surface area contributed by atoms with E-state index in [1.165, 1.54) is 31.4 Å². The van der Waals surface area contributed by atoms with Crippen molar-refractivity contribution in [3.63, 3.8) is 0 Å². The number of carbonyl (C=O) groups is 1. The minimum absolute atomic E-state index is 0.103. The minimum Gasteiger partial charge on any atom is -0.379 e. The van der Waals surface area contributed by atoms with E-state index in [1.54, 1.807) is 0 Å². The molecule has 0 aromatic carbocycles. The summed E-state index contributed by atoms with van der Waals surface area (Å²) >= 11 is 3.41. The highest BCUT2D eigenvalue weighted by Crippen LogP contribution is 2.32. The summed E-state index contributed by atoms with van der Waals surface area (Å²) in [5, 5.41) is 4.49. The number of unbranched alkanes of at least 4 members (excludes halogenated alkanes) is 1. The molecule has 2 rings (SSSR count). The van der Waals surface area contributed by atoms with Gasteiger partial charge in [0.1, 0.15) is 0 Å². The van der Waals surface area contributed by atoms with Crippen molar-refractivity contribution in [3.8, 4) is 0 Å². The molecule has 0 amide bonds. The Kier molecular flexibility index (Phi) is 5.08. The first-order chi connectivity index (χ1) is 8.31. The van der Waals surface area contributed by atoms with E-state index in [0.717, 1.165) is 36.9 Å². The van der Waals surface area contributed by atoms with Gasteiger partial charge in [0.2, 0.25) is 0 Å². The number of rotatable bonds is 5. The highest BCUT2D eigenvalue weighted by atomic mass is 79.9. The van der Waals surface area contributed by atoms with Gasteiger partial charge in [-0.15, -0.1) is 0 Å². The largest absolute Gasteiger partial charge is 0.379 e. The van der Waals surface area contributed by atoms with Gasteiger partial charge in [-0.25, -0.2) is 0 Å². The monoisotopic (exact) mass is 299 g/mol. The molecule has 96 valence electrons. The van der Waals surface area contributed by atoms with E-state index < -0.39 is 0 Å². The SMILES string of the molecule is O=C(CCCCBr)C1CCC2CCCC=C2N1. The molecule has 2 nitrogen and oxygen atoms in total. The maximum atomic E-state index is 12.0. The molecule has 0 radical (unpaired) electrons. The zero-order valence-electron chi connectivity index (χ0n) is 10.4. The molecule has 1 fully saturated rings. The molecule has 2 aliphatic rings. The van der Waals surface area contributed by atoms with Gasteiger partial charge in [0.05, 0.1) is 6.04 Å². The maximum Gasteiger partial charge on any atom is 0.154 e. The van der Waals surface area contributed by atoms with E-state index in [2.05, 4.69) is 27.3 Å². The number of carbonyl (C=O) groups excluding carboxylic acids is 1. The van der Waals surface area contributed by atoms with E-state index in [9.17, 15) is 4.79 Å². The fraction of sp³-hybridized carbons (Fsp3) is 0.786. The standard InChI is InChI=1S/C14H22BrNO/c15-10-4-3-7-14(17)13-9-8-11-5-1-2-6-12(11)16-13/h6,11,13,16H,1-5,7-10H2. The van der Waals surface area contributed by atoms with Crippen LogP contribution < -0.4 is 5.32 Å². The van der Waals surface area contributed by atoms with Gasteiger partial charge in [0.15, 0.2) is 5.78 Å². The first kappa shape index (κ1) is 13.1. The number of ketones is 1. The second kappa shape index (κ2) is 6.58. The summed E-state index contributed by atoms with van der Waals surface area (Å²) in [4.78, 5) is 12.0. The van der Waals surface area contributed by atoms with Gasteiger partial charge in [0.25, 0.3) is 0 Å². The van der Waals surface area contributed by atoms with Crippen LogP contribution >= 0.6 is 15.9 Å². The summed E-state index contributed by atoms with van der Waals surface area (Å²) < 4.78 is 0. The van der Waals surface area contributed by atoms with Crippen LogP contribution in [-0.2, 0) is 4.79 Å². The summed E-state index contributed by atoms with van der Waals surface area (Å²) in [6.07, 6.45) is 11.2. The smallest absolute Gasteiger partial charge is 0.154 e. The average Bonchev–Trinajstić information content (AvgIpc) is 2.38. The predicted molar refractivity (Wildman–Crippen MR) is 74.2 cm³/mol. The van der Waals surface area contributed by atoms with Crippen LogP contribution in [0.25, 0.3) is 0 Å². The van der Waals surface area contributed by atoms with Crippen LogP contribution in [0.15, 0.2) is 11.8 Å². The fourth-order valence-electron chi connectivity index (χ4n) is 2.87. The van der Waals surface area contributed by atoms with E-state index in [4.69, 9.17) is 0 Å². The molecule has 2 unspecified atom stereocenters. The number of alkyl halides is 1. The van der Waals surface area contributed by atoms with Crippen LogP contribution in [0.2, 0.25) is 0 Å². The Hall–Kier alpha value is -0.310. The first-order valence-electron chi connectivity index (χ1n) is 6.86. The lowest BCUT2D eigenvalue weighted by molar-refractivity contribution is -0.121. The zero-order valence-corrected chi connectivity index (χ0v) is 12.0. The third-order valence-corrected chi connectivity index (χ3v) is 4.46. The van der Waals surface area contributed by atoms with Crippen molar-refractivity contribution in [2.75, 3.05) is 5.33 Å². The Morgan fingerprint density at radius 2 is 2.24 bits per heavy atom. The number of nitrogens with one attached hydrogen (secondary N) is 1. The van der Waals surface area contributed by atoms with E-state index >= 15 is 0 Å². The lowest BCUT2D eigenvalue weighted by Crippen LogP contribution is -2.43. The molecule has 2 atom stereocenters. The number of allylic oxidation sites excluding steroid dienone is 2. The highest BCUT2D eigenvalue weighted by Gasteiger charge is 2.29. The molecule has 1 saturated heterocycles. The summed E-state index contributed by atoms with van der Waals surface area (Å²) in [6.45, 7) is 0. The maximum absolute atomic E-state index is 12.0. The molecule has 1 aliphatic carbocycles. The van der Waals surface area contributed by atoms with Crippen molar-refractivity contribution >= 4 is 21.7 Å². The van der Waals surface area contributed by atoms with Gasteiger partial charge in [-0.3, -0.25) is 4.79 Å². The lowest BCUT2D eigenvalue weighted by Gasteiger charge is -2.34. The molecule has 0 aromatic heterocycles. The Morgan fingerprint density at radius 3 is 3.06 bits per heavy atom. The Morgan fingerprint density at radius 1 is 1.35 bits per heavy atom. The van der Waals surface area contributed by atoms with Crippen LogP contribution in [0.3, 0.4) is 0 Å². The van der Waals surface area contributed by atoms with Gasteiger partial charge in [-0.2, -0.15) is 0 Å². The molecule has 17 heavy (non-hydrogen) atoms. The summed E-state index contributed by atoms with van der Waals surface area (Å²) in [5.74, 6) is 1.13. The van der Waals surface area contributed by atoms with Crippen molar-refractivity contribution in [2.45, 2.75) is 57.4 Å². The molecule has 1 aliphatic heterocycles. The number of fused-ring (bicyclic) bond motifs is 1. The number of piperidine rings is 1. The quantitative estimate of drug-likeness (QED) is 0.621. The van der Waals surface area contributed by atoms with Crippen molar-refractivity contribution in [2.24, 2.45) is 5.92 Å². The lowest BCUT2D eigenvalue weighted by atomic mass is 9.82. The number of halogens is 1. The van der Waals surface area contributed by atoms with Crippen molar-refractivity contribution in [1.29, 1.82) is 0 Å². The normalized spacial score (nSPS) is 27.9. The second-order valence-electron chi connectivity index (χ2n) is 5.17. The van der Waals surface area contributed by atoms with Gasteiger partial charge < -0.3 is 5.32 Å². The predicted octanol–water partition coefficient (Wildman–Crippen LogP) is 3.56. The van der Waals surface area contributed by atoms with Crippen molar-refractivity contribution in [3.05, 3.63) is 11.8 Å². The number of Topliss-reactive ketones (excluding diaryl/α,β-unsaturated/α-hetero) is 1. The topological polar surface area (TPSA) is 29.1 Å². The van der Waals surface area contributed by atoms with Gasteiger partial charge in [-0.1, -0.05) is 22.0 Å². The molecule has 0 spiro atoms. The van der Waals surface area contributed by atoms with Crippen LogP contribution in [0.4, 0.5) is 0 Å². The Balaban J connectivity index is 1.82. The fourth-order valence-corrected chi connectivity index (χ4v) is 3.27. The zero-order chi connectivity index (χ0) is 12.1. The van der Waals surface area contributed by atoms with E-state index in [0.29, 0.717) is 5.78 Å². The summed E-state index contributed by atoms with van der Waals surface area (Å²) in [7, 11) is 0. The molecule has 0 bridgehead atoms. The second-order valence-corrected chi connectivity index (χ2v) is 5.97. The molecular formula is C14H22BrNO. The van der Waals surface area contributed by atoms with E-state index in [-0.39, 0.29) is 6.04 Å².